The second-order valence-corrected chi connectivity index (χ2v) is 12.6. The third-order valence-electron chi connectivity index (χ3n) is 10.1. The predicted molar refractivity (Wildman–Crippen MR) is 178 cm³/mol. The Morgan fingerprint density at radius 1 is 0.674 bits per heavy atom. The second-order valence-electron chi connectivity index (χ2n) is 12.6. The van der Waals surface area contributed by atoms with Gasteiger partial charge < -0.3 is 28.8 Å². The third-order valence-corrected chi connectivity index (χ3v) is 10.1. The number of phenols is 1. The van der Waals surface area contributed by atoms with Crippen molar-refractivity contribution in [3.8, 4) is 51.4 Å². The van der Waals surface area contributed by atoms with E-state index in [2.05, 4.69) is 60.3 Å². The van der Waals surface area contributed by atoms with Crippen LogP contribution < -0.4 is 23.7 Å². The van der Waals surface area contributed by atoms with E-state index in [0.29, 0.717) is 35.2 Å². The third kappa shape index (κ3) is 5.10. The van der Waals surface area contributed by atoms with E-state index in [4.69, 9.17) is 23.7 Å². The molecule has 46 heavy (non-hydrogen) atoms. The maximum Gasteiger partial charge on any atom is 0.204 e. The van der Waals surface area contributed by atoms with Gasteiger partial charge in [0.1, 0.15) is 11.5 Å². The first kappa shape index (κ1) is 30.3. The van der Waals surface area contributed by atoms with Gasteiger partial charge in [-0.15, -0.1) is 0 Å². The van der Waals surface area contributed by atoms with Crippen LogP contribution in [0.4, 0.5) is 0 Å². The first-order chi connectivity index (χ1) is 22.3. The van der Waals surface area contributed by atoms with Gasteiger partial charge in [-0.1, -0.05) is 12.1 Å². The van der Waals surface area contributed by atoms with E-state index in [1.54, 1.807) is 34.5 Å². The van der Waals surface area contributed by atoms with E-state index < -0.39 is 0 Å². The molecule has 8 heteroatoms. The topological polar surface area (TPSA) is 72.9 Å². The first-order valence-corrected chi connectivity index (χ1v) is 15.9. The molecule has 0 aliphatic carbocycles. The van der Waals surface area contributed by atoms with Crippen LogP contribution in [0.3, 0.4) is 0 Å². The summed E-state index contributed by atoms with van der Waals surface area (Å²) in [6.07, 6.45) is 3.23. The number of hydrogen-bond acceptors (Lipinski definition) is 8. The monoisotopic (exact) mass is 622 g/mol. The van der Waals surface area contributed by atoms with Gasteiger partial charge in [-0.25, -0.2) is 0 Å². The minimum atomic E-state index is -0.0282. The Labute approximate surface area is 271 Å². The summed E-state index contributed by atoms with van der Waals surface area (Å²) in [5.74, 6) is 4.14. The Morgan fingerprint density at radius 2 is 1.30 bits per heavy atom. The van der Waals surface area contributed by atoms with Crippen LogP contribution in [0.15, 0.2) is 54.6 Å². The van der Waals surface area contributed by atoms with Crippen molar-refractivity contribution in [1.29, 1.82) is 0 Å². The van der Waals surface area contributed by atoms with Crippen molar-refractivity contribution >= 4 is 0 Å². The average Bonchev–Trinajstić information content (AvgIpc) is 3.07. The summed E-state index contributed by atoms with van der Waals surface area (Å²) in [7, 11) is 11.0. The van der Waals surface area contributed by atoms with Gasteiger partial charge in [-0.05, 0) is 110 Å². The molecule has 240 valence electrons. The quantitative estimate of drug-likeness (QED) is 0.268. The minimum absolute atomic E-state index is 0.0282. The highest BCUT2D eigenvalue weighted by atomic mass is 16.5. The van der Waals surface area contributed by atoms with E-state index in [1.807, 2.05) is 12.1 Å². The lowest BCUT2D eigenvalue weighted by Crippen LogP contribution is -2.34. The number of rotatable bonds is 4. The van der Waals surface area contributed by atoms with Gasteiger partial charge >= 0.3 is 0 Å². The molecule has 2 atom stereocenters. The lowest BCUT2D eigenvalue weighted by Gasteiger charge is -2.37. The molecule has 0 saturated carbocycles. The number of ether oxygens (including phenoxy) is 5. The van der Waals surface area contributed by atoms with Crippen molar-refractivity contribution in [2.75, 3.05) is 55.6 Å². The lowest BCUT2D eigenvalue weighted by molar-refractivity contribution is 0.220. The van der Waals surface area contributed by atoms with E-state index in [9.17, 15) is 5.11 Å². The van der Waals surface area contributed by atoms with Crippen molar-refractivity contribution in [3.63, 3.8) is 0 Å². The summed E-state index contributed by atoms with van der Waals surface area (Å²) in [6.45, 7) is 1.81. The fourth-order valence-corrected chi connectivity index (χ4v) is 7.55. The number of likely N-dealkylation sites (N-methyl/N-ethyl adjacent to an activating group) is 2. The van der Waals surface area contributed by atoms with Crippen LogP contribution in [-0.4, -0.2) is 70.5 Å². The maximum absolute atomic E-state index is 11.2. The summed E-state index contributed by atoms with van der Waals surface area (Å²) in [5, 5.41) is 11.2. The average molecular weight is 623 g/mol. The van der Waals surface area contributed by atoms with E-state index >= 15 is 0 Å². The summed E-state index contributed by atoms with van der Waals surface area (Å²) in [5.41, 5.74) is 8.59. The number of aromatic hydroxyl groups is 1. The van der Waals surface area contributed by atoms with Gasteiger partial charge in [0.15, 0.2) is 23.0 Å². The summed E-state index contributed by atoms with van der Waals surface area (Å²) >= 11 is 0. The van der Waals surface area contributed by atoms with E-state index in [1.165, 1.54) is 16.7 Å². The number of fused-ring (bicyclic) bond motifs is 6. The Morgan fingerprint density at radius 3 is 2.02 bits per heavy atom. The molecule has 8 nitrogen and oxygen atoms in total. The molecule has 0 aromatic heterocycles. The largest absolute Gasteiger partial charge is 0.507 e. The van der Waals surface area contributed by atoms with E-state index in [-0.39, 0.29) is 17.8 Å². The number of nitrogens with zero attached hydrogens (tertiary/aromatic N) is 2. The second kappa shape index (κ2) is 12.1. The van der Waals surface area contributed by atoms with Crippen LogP contribution in [0.25, 0.3) is 11.1 Å². The Bertz CT molecular complexity index is 1800. The van der Waals surface area contributed by atoms with Crippen molar-refractivity contribution in [1.82, 2.24) is 9.80 Å². The van der Waals surface area contributed by atoms with Crippen molar-refractivity contribution in [3.05, 3.63) is 88.0 Å². The van der Waals surface area contributed by atoms with Crippen molar-refractivity contribution in [2.24, 2.45) is 0 Å². The predicted octanol–water partition coefficient (Wildman–Crippen LogP) is 6.74. The molecule has 2 unspecified atom stereocenters. The fraction of sp³-hybridized carbons (Fsp3) is 0.368. The highest BCUT2D eigenvalue weighted by Crippen LogP contribution is 2.52. The molecule has 0 amide bonds. The molecule has 0 saturated heterocycles. The van der Waals surface area contributed by atoms with Crippen LogP contribution in [0.5, 0.6) is 40.2 Å². The smallest absolute Gasteiger partial charge is 0.204 e. The highest BCUT2D eigenvalue weighted by molar-refractivity contribution is 5.77. The SMILES string of the molecule is COc1cc2c3cc1Oc1c(OC)c(OC)cc4c1C(Cc1ccc(O)c(c1)-c1cc(ccc1OC)CC3N(C)CC2)N(C)CC4. The number of phenolic OH excluding ortho intramolecular Hbond substituents is 1. The maximum atomic E-state index is 11.2. The molecule has 0 spiro atoms. The van der Waals surface area contributed by atoms with Gasteiger partial charge in [-0.2, -0.15) is 0 Å². The first-order valence-electron chi connectivity index (χ1n) is 15.9. The molecule has 3 aliphatic heterocycles. The highest BCUT2D eigenvalue weighted by Gasteiger charge is 2.35. The van der Waals surface area contributed by atoms with Crippen LogP contribution in [0.2, 0.25) is 0 Å². The molecule has 3 aliphatic rings. The van der Waals surface area contributed by atoms with Crippen LogP contribution in [0, 0.1) is 0 Å². The standard InChI is InChI=1S/C38H42N2O6/c1-39-13-11-24-19-33(43-4)34-21-26(24)29(39)17-23-8-10-32(42-3)28(16-23)27-15-22(7-9-31(27)41)18-30-36-25(12-14-40(30)2)20-35(44-5)37(45-6)38(36)46-34/h7-10,15-16,19-21,29-30,41H,11-14,17-18H2,1-6H3. The molecule has 0 radical (unpaired) electrons. The molecule has 0 fully saturated rings. The number of benzene rings is 4. The molecular weight excluding hydrogens is 580 g/mol. The molecule has 7 rings (SSSR count). The van der Waals surface area contributed by atoms with Gasteiger partial charge in [0.05, 0.1) is 28.4 Å². The zero-order chi connectivity index (χ0) is 32.1. The van der Waals surface area contributed by atoms with E-state index in [0.717, 1.165) is 65.9 Å². The van der Waals surface area contributed by atoms with Crippen LogP contribution >= 0.6 is 0 Å². The van der Waals surface area contributed by atoms with Crippen molar-refractivity contribution < 1.29 is 28.8 Å². The number of hydrogen-bond donors (Lipinski definition) is 1. The molecular formula is C38H42N2O6. The van der Waals surface area contributed by atoms with Gasteiger partial charge in [0.25, 0.3) is 0 Å². The normalized spacial score (nSPS) is 19.1. The fourth-order valence-electron chi connectivity index (χ4n) is 7.55. The molecule has 4 aromatic rings. The van der Waals surface area contributed by atoms with Gasteiger partial charge in [0.2, 0.25) is 5.75 Å². The zero-order valence-electron chi connectivity index (χ0n) is 27.5. The Balaban J connectivity index is 1.53. The Hall–Kier alpha value is -4.40. The van der Waals surface area contributed by atoms with Crippen LogP contribution in [-0.2, 0) is 25.7 Å². The molecule has 4 aromatic carbocycles. The Kier molecular flexibility index (Phi) is 7.95. The molecule has 3 heterocycles. The van der Waals surface area contributed by atoms with Crippen LogP contribution in [0.1, 0.15) is 45.5 Å². The van der Waals surface area contributed by atoms with Crippen molar-refractivity contribution in [2.45, 2.75) is 37.8 Å². The molecule has 6 bridgehead atoms. The molecule has 1 N–H and O–H groups in total. The summed E-state index contributed by atoms with van der Waals surface area (Å²) in [4.78, 5) is 4.77. The minimum Gasteiger partial charge on any atom is -0.507 e. The summed E-state index contributed by atoms with van der Waals surface area (Å²) < 4.78 is 30.7. The summed E-state index contributed by atoms with van der Waals surface area (Å²) in [6, 6.07) is 18.7. The number of methoxy groups -OCH3 is 4. The van der Waals surface area contributed by atoms with Gasteiger partial charge in [-0.3, -0.25) is 9.80 Å². The lowest BCUT2D eigenvalue weighted by atomic mass is 9.86. The van der Waals surface area contributed by atoms with Gasteiger partial charge in [0, 0.05) is 41.9 Å². The zero-order valence-corrected chi connectivity index (χ0v) is 27.5.